The summed E-state index contributed by atoms with van der Waals surface area (Å²) in [6, 6.07) is 9.73. The van der Waals surface area contributed by atoms with Crippen LogP contribution in [0.1, 0.15) is 70.2 Å². The van der Waals surface area contributed by atoms with E-state index in [-0.39, 0.29) is 11.9 Å². The molecule has 0 aliphatic carbocycles. The van der Waals surface area contributed by atoms with Crippen molar-refractivity contribution in [3.05, 3.63) is 36.2 Å². The average molecular weight is 341 g/mol. The predicted molar refractivity (Wildman–Crippen MR) is 96.8 cm³/mol. The van der Waals surface area contributed by atoms with Crippen LogP contribution in [0.25, 0.3) is 11.4 Å². The minimum absolute atomic E-state index is 0.0619. The maximum Gasteiger partial charge on any atom is 0.249 e. The Bertz CT molecular complexity index is 669. The first-order valence-corrected chi connectivity index (χ1v) is 9.48. The van der Waals surface area contributed by atoms with Crippen LogP contribution in [0.5, 0.6) is 0 Å². The molecule has 1 unspecified atom stereocenters. The molecule has 1 saturated heterocycles. The van der Waals surface area contributed by atoms with E-state index in [2.05, 4.69) is 17.1 Å². The third-order valence-electron chi connectivity index (χ3n) is 4.83. The predicted octanol–water partition coefficient (Wildman–Crippen LogP) is 4.76. The molecular weight excluding hydrogens is 314 g/mol. The second-order valence-electron chi connectivity index (χ2n) is 6.73. The van der Waals surface area contributed by atoms with Gasteiger partial charge in [-0.2, -0.15) is 4.98 Å². The first kappa shape index (κ1) is 17.6. The number of likely N-dealkylation sites (tertiary alicyclic amines) is 1. The minimum Gasteiger partial charge on any atom is -0.337 e. The lowest BCUT2D eigenvalue weighted by molar-refractivity contribution is -0.132. The zero-order valence-electron chi connectivity index (χ0n) is 15.0. The molecule has 134 valence electrons. The van der Waals surface area contributed by atoms with E-state index >= 15 is 0 Å². The number of carbonyl (C=O) groups excluding carboxylic acids is 1. The smallest absolute Gasteiger partial charge is 0.249 e. The van der Waals surface area contributed by atoms with Crippen molar-refractivity contribution in [2.24, 2.45) is 0 Å². The number of benzene rings is 1. The number of carbonyl (C=O) groups is 1. The number of hydrogen-bond acceptors (Lipinski definition) is 4. The van der Waals surface area contributed by atoms with Crippen molar-refractivity contribution >= 4 is 5.91 Å². The Morgan fingerprint density at radius 3 is 2.80 bits per heavy atom. The molecule has 1 atom stereocenters. The third-order valence-corrected chi connectivity index (χ3v) is 4.83. The third kappa shape index (κ3) is 4.47. The fraction of sp³-hybridized carbons (Fsp3) is 0.550. The standard InChI is InChI=1S/C20H27N3O2/c1-2-3-4-5-9-14-18(24)23-15-10-13-17(23)20-21-19(22-25-20)16-11-7-6-8-12-16/h6-8,11-12,17H,2-5,9-10,13-15H2,1H3. The second kappa shape index (κ2) is 8.79. The van der Waals surface area contributed by atoms with Crippen molar-refractivity contribution in [1.29, 1.82) is 0 Å². The zero-order valence-corrected chi connectivity index (χ0v) is 15.0. The monoisotopic (exact) mass is 341 g/mol. The summed E-state index contributed by atoms with van der Waals surface area (Å²) < 4.78 is 5.49. The first-order valence-electron chi connectivity index (χ1n) is 9.48. The Balaban J connectivity index is 1.60. The summed E-state index contributed by atoms with van der Waals surface area (Å²) in [5, 5.41) is 4.10. The van der Waals surface area contributed by atoms with Gasteiger partial charge in [0.1, 0.15) is 6.04 Å². The van der Waals surface area contributed by atoms with E-state index in [0.29, 0.717) is 18.1 Å². The molecule has 1 aromatic heterocycles. The molecule has 2 heterocycles. The van der Waals surface area contributed by atoms with E-state index in [1.54, 1.807) is 0 Å². The number of aromatic nitrogens is 2. The first-order chi connectivity index (χ1) is 12.3. The fourth-order valence-corrected chi connectivity index (χ4v) is 3.42. The van der Waals surface area contributed by atoms with Crippen LogP contribution in [0.15, 0.2) is 34.9 Å². The lowest BCUT2D eigenvalue weighted by atomic mass is 10.1. The summed E-state index contributed by atoms with van der Waals surface area (Å²) in [4.78, 5) is 19.1. The SMILES string of the molecule is CCCCCCCC(=O)N1CCCC1c1nc(-c2ccccc2)no1. The number of hydrogen-bond donors (Lipinski definition) is 0. The number of unbranched alkanes of at least 4 members (excludes halogenated alkanes) is 4. The molecule has 0 bridgehead atoms. The summed E-state index contributed by atoms with van der Waals surface area (Å²) in [5.74, 6) is 1.38. The van der Waals surface area contributed by atoms with E-state index in [0.717, 1.165) is 37.8 Å². The van der Waals surface area contributed by atoms with Gasteiger partial charge < -0.3 is 9.42 Å². The lowest BCUT2D eigenvalue weighted by Gasteiger charge is -2.21. The molecule has 1 amide bonds. The van der Waals surface area contributed by atoms with Crippen molar-refractivity contribution < 1.29 is 9.32 Å². The van der Waals surface area contributed by atoms with Gasteiger partial charge in [0, 0.05) is 18.5 Å². The van der Waals surface area contributed by atoms with Crippen molar-refractivity contribution in [3.63, 3.8) is 0 Å². The van der Waals surface area contributed by atoms with Crippen LogP contribution in [-0.2, 0) is 4.79 Å². The normalized spacial score (nSPS) is 17.2. The second-order valence-corrected chi connectivity index (χ2v) is 6.73. The molecule has 0 radical (unpaired) electrons. The summed E-state index contributed by atoms with van der Waals surface area (Å²) in [7, 11) is 0. The topological polar surface area (TPSA) is 59.2 Å². The van der Waals surface area contributed by atoms with E-state index in [1.165, 1.54) is 19.3 Å². The van der Waals surface area contributed by atoms with E-state index in [1.807, 2.05) is 35.2 Å². The highest BCUT2D eigenvalue weighted by Crippen LogP contribution is 2.32. The molecule has 0 spiro atoms. The molecule has 0 saturated carbocycles. The maximum absolute atomic E-state index is 12.6. The van der Waals surface area contributed by atoms with Crippen LogP contribution < -0.4 is 0 Å². The van der Waals surface area contributed by atoms with Crippen LogP contribution in [0, 0.1) is 0 Å². The Morgan fingerprint density at radius 1 is 1.20 bits per heavy atom. The Labute approximate surface area is 149 Å². The molecule has 5 heteroatoms. The van der Waals surface area contributed by atoms with Gasteiger partial charge in [0.2, 0.25) is 17.6 Å². The van der Waals surface area contributed by atoms with Gasteiger partial charge in [-0.25, -0.2) is 0 Å². The van der Waals surface area contributed by atoms with Gasteiger partial charge >= 0.3 is 0 Å². The molecule has 1 aliphatic heterocycles. The van der Waals surface area contributed by atoms with Gasteiger partial charge in [-0.15, -0.1) is 0 Å². The van der Waals surface area contributed by atoms with Crippen LogP contribution in [0.2, 0.25) is 0 Å². The van der Waals surface area contributed by atoms with Crippen LogP contribution in [-0.4, -0.2) is 27.5 Å². The lowest BCUT2D eigenvalue weighted by Crippen LogP contribution is -2.30. The molecule has 1 aromatic carbocycles. The van der Waals surface area contributed by atoms with Crippen LogP contribution in [0.3, 0.4) is 0 Å². The van der Waals surface area contributed by atoms with Crippen molar-refractivity contribution in [2.45, 2.75) is 64.3 Å². The highest BCUT2D eigenvalue weighted by atomic mass is 16.5. The van der Waals surface area contributed by atoms with E-state index in [9.17, 15) is 4.79 Å². The Morgan fingerprint density at radius 2 is 2.00 bits per heavy atom. The largest absolute Gasteiger partial charge is 0.337 e. The Kier molecular flexibility index (Phi) is 6.20. The zero-order chi connectivity index (χ0) is 17.5. The molecule has 1 aliphatic rings. The molecule has 2 aromatic rings. The highest BCUT2D eigenvalue weighted by molar-refractivity contribution is 5.76. The van der Waals surface area contributed by atoms with Gasteiger partial charge in [-0.3, -0.25) is 4.79 Å². The average Bonchev–Trinajstić information content (AvgIpc) is 3.31. The van der Waals surface area contributed by atoms with Crippen molar-refractivity contribution in [2.75, 3.05) is 6.54 Å². The fourth-order valence-electron chi connectivity index (χ4n) is 3.42. The van der Waals surface area contributed by atoms with Crippen LogP contribution >= 0.6 is 0 Å². The summed E-state index contributed by atoms with van der Waals surface area (Å²) >= 11 is 0. The van der Waals surface area contributed by atoms with Crippen molar-refractivity contribution in [3.8, 4) is 11.4 Å². The van der Waals surface area contributed by atoms with Crippen molar-refractivity contribution in [1.82, 2.24) is 15.0 Å². The van der Waals surface area contributed by atoms with Crippen LogP contribution in [0.4, 0.5) is 0 Å². The Hall–Kier alpha value is -2.17. The van der Waals surface area contributed by atoms with Gasteiger partial charge in [-0.05, 0) is 19.3 Å². The van der Waals surface area contributed by atoms with E-state index in [4.69, 9.17) is 4.52 Å². The molecule has 5 nitrogen and oxygen atoms in total. The summed E-state index contributed by atoms with van der Waals surface area (Å²) in [6.45, 7) is 3.00. The molecule has 3 rings (SSSR count). The number of amides is 1. The summed E-state index contributed by atoms with van der Waals surface area (Å²) in [6.07, 6.45) is 8.33. The quantitative estimate of drug-likeness (QED) is 0.650. The number of nitrogens with zero attached hydrogens (tertiary/aromatic N) is 3. The summed E-state index contributed by atoms with van der Waals surface area (Å²) in [5.41, 5.74) is 0.935. The highest BCUT2D eigenvalue weighted by Gasteiger charge is 2.33. The molecule has 25 heavy (non-hydrogen) atoms. The molecular formula is C20H27N3O2. The molecule has 0 N–H and O–H groups in total. The van der Waals surface area contributed by atoms with Gasteiger partial charge in [0.05, 0.1) is 0 Å². The molecule has 1 fully saturated rings. The van der Waals surface area contributed by atoms with Gasteiger partial charge in [-0.1, -0.05) is 68.1 Å². The van der Waals surface area contributed by atoms with Gasteiger partial charge in [0.15, 0.2) is 0 Å². The maximum atomic E-state index is 12.6. The number of rotatable bonds is 8. The van der Waals surface area contributed by atoms with Gasteiger partial charge in [0.25, 0.3) is 0 Å². The van der Waals surface area contributed by atoms with E-state index < -0.39 is 0 Å². The minimum atomic E-state index is -0.0619.